The van der Waals surface area contributed by atoms with E-state index in [1.165, 1.54) is 17.4 Å². The normalized spacial score (nSPS) is 11.6. The molecule has 0 bridgehead atoms. The second kappa shape index (κ2) is 7.08. The molecule has 0 saturated carbocycles. The molecule has 0 radical (unpaired) electrons. The SMILES string of the molecule is CCOc1ccc(Br)cc1S(=O)(=O)NCc1sc(C)nc1C. The number of hydrogen-bond donors (Lipinski definition) is 1. The molecule has 1 heterocycles. The topological polar surface area (TPSA) is 68.3 Å². The number of thiazole rings is 1. The molecular weight excluding hydrogens is 388 g/mol. The smallest absolute Gasteiger partial charge is 0.244 e. The van der Waals surface area contributed by atoms with E-state index in [-0.39, 0.29) is 11.4 Å². The molecule has 0 spiro atoms. The summed E-state index contributed by atoms with van der Waals surface area (Å²) in [7, 11) is -3.67. The molecule has 1 aromatic carbocycles. The van der Waals surface area contributed by atoms with Crippen molar-refractivity contribution in [3.05, 3.63) is 38.3 Å². The molecule has 0 saturated heterocycles. The van der Waals surface area contributed by atoms with E-state index in [2.05, 4.69) is 25.6 Å². The van der Waals surface area contributed by atoms with E-state index in [0.717, 1.165) is 15.6 Å². The number of nitrogens with zero attached hydrogens (tertiary/aromatic N) is 1. The van der Waals surface area contributed by atoms with Crippen LogP contribution in [0.3, 0.4) is 0 Å². The third-order valence-corrected chi connectivity index (χ3v) is 5.91. The summed E-state index contributed by atoms with van der Waals surface area (Å²) in [5, 5.41) is 0.921. The fraction of sp³-hybridized carbons (Fsp3) is 0.357. The summed E-state index contributed by atoms with van der Waals surface area (Å²) in [6, 6.07) is 4.93. The van der Waals surface area contributed by atoms with Crippen LogP contribution in [0.5, 0.6) is 5.75 Å². The van der Waals surface area contributed by atoms with Crippen molar-refractivity contribution in [1.82, 2.24) is 9.71 Å². The maximum Gasteiger partial charge on any atom is 0.244 e. The molecule has 120 valence electrons. The molecule has 0 atom stereocenters. The van der Waals surface area contributed by atoms with Crippen LogP contribution in [0, 0.1) is 13.8 Å². The van der Waals surface area contributed by atoms with Crippen LogP contribution >= 0.6 is 27.3 Å². The number of benzene rings is 1. The maximum absolute atomic E-state index is 12.5. The summed E-state index contributed by atoms with van der Waals surface area (Å²) >= 11 is 4.78. The lowest BCUT2D eigenvalue weighted by molar-refractivity contribution is 0.331. The third-order valence-electron chi connectivity index (χ3n) is 2.92. The van der Waals surface area contributed by atoms with Crippen LogP contribution in [0.1, 0.15) is 22.5 Å². The maximum atomic E-state index is 12.5. The van der Waals surface area contributed by atoms with Crippen molar-refractivity contribution in [2.75, 3.05) is 6.61 Å². The van der Waals surface area contributed by atoms with Gasteiger partial charge in [0.25, 0.3) is 0 Å². The lowest BCUT2D eigenvalue weighted by Gasteiger charge is -2.12. The van der Waals surface area contributed by atoms with Gasteiger partial charge in [-0.2, -0.15) is 0 Å². The highest BCUT2D eigenvalue weighted by Crippen LogP contribution is 2.28. The molecule has 8 heteroatoms. The van der Waals surface area contributed by atoms with Gasteiger partial charge in [0, 0.05) is 15.9 Å². The van der Waals surface area contributed by atoms with Gasteiger partial charge in [0.05, 0.1) is 17.3 Å². The fourth-order valence-electron chi connectivity index (χ4n) is 1.94. The zero-order chi connectivity index (χ0) is 16.3. The van der Waals surface area contributed by atoms with Gasteiger partial charge in [0.1, 0.15) is 10.6 Å². The summed E-state index contributed by atoms with van der Waals surface area (Å²) in [6.45, 7) is 6.21. The molecule has 0 fully saturated rings. The van der Waals surface area contributed by atoms with Crippen molar-refractivity contribution in [2.45, 2.75) is 32.2 Å². The van der Waals surface area contributed by atoms with Crippen LogP contribution < -0.4 is 9.46 Å². The summed E-state index contributed by atoms with van der Waals surface area (Å²) < 4.78 is 33.8. The summed E-state index contributed by atoms with van der Waals surface area (Å²) in [6.07, 6.45) is 0. The van der Waals surface area contributed by atoms with E-state index in [9.17, 15) is 8.42 Å². The van der Waals surface area contributed by atoms with E-state index in [4.69, 9.17) is 4.74 Å². The predicted molar refractivity (Wildman–Crippen MR) is 90.9 cm³/mol. The highest BCUT2D eigenvalue weighted by atomic mass is 79.9. The van der Waals surface area contributed by atoms with Gasteiger partial charge in [-0.1, -0.05) is 15.9 Å². The highest BCUT2D eigenvalue weighted by molar-refractivity contribution is 9.10. The fourth-order valence-corrected chi connectivity index (χ4v) is 4.59. The van der Waals surface area contributed by atoms with Gasteiger partial charge in [-0.05, 0) is 39.0 Å². The first kappa shape index (κ1) is 17.4. The van der Waals surface area contributed by atoms with Crippen LogP contribution in [0.15, 0.2) is 27.6 Å². The van der Waals surface area contributed by atoms with Crippen LogP contribution in [-0.2, 0) is 16.6 Å². The second-order valence-electron chi connectivity index (χ2n) is 4.59. The van der Waals surface area contributed by atoms with Gasteiger partial charge in [0.15, 0.2) is 0 Å². The van der Waals surface area contributed by atoms with E-state index in [1.54, 1.807) is 12.1 Å². The molecule has 2 aromatic rings. The Kier molecular flexibility index (Phi) is 5.60. The van der Waals surface area contributed by atoms with Crippen LogP contribution in [-0.4, -0.2) is 20.0 Å². The van der Waals surface area contributed by atoms with Crippen molar-refractivity contribution in [2.24, 2.45) is 0 Å². The molecule has 0 amide bonds. The monoisotopic (exact) mass is 404 g/mol. The van der Waals surface area contributed by atoms with E-state index in [1.807, 2.05) is 20.8 Å². The van der Waals surface area contributed by atoms with Crippen molar-refractivity contribution < 1.29 is 13.2 Å². The first-order chi connectivity index (χ1) is 10.3. The van der Waals surface area contributed by atoms with Gasteiger partial charge < -0.3 is 4.74 Å². The van der Waals surface area contributed by atoms with Gasteiger partial charge in [0.2, 0.25) is 10.0 Å². The predicted octanol–water partition coefficient (Wildman–Crippen LogP) is 3.40. The molecule has 0 unspecified atom stereocenters. The van der Waals surface area contributed by atoms with Crippen molar-refractivity contribution in [1.29, 1.82) is 0 Å². The third kappa shape index (κ3) is 4.07. The lowest BCUT2D eigenvalue weighted by Crippen LogP contribution is -2.23. The van der Waals surface area contributed by atoms with E-state index < -0.39 is 10.0 Å². The number of nitrogens with one attached hydrogen (secondary N) is 1. The zero-order valence-electron chi connectivity index (χ0n) is 12.5. The van der Waals surface area contributed by atoms with Gasteiger partial charge >= 0.3 is 0 Å². The Bertz CT molecular complexity index is 772. The van der Waals surface area contributed by atoms with Crippen molar-refractivity contribution >= 4 is 37.3 Å². The van der Waals surface area contributed by atoms with Crippen molar-refractivity contribution in [3.63, 3.8) is 0 Å². The number of aryl methyl sites for hydroxylation is 2. The molecule has 1 N–H and O–H groups in total. The Hall–Kier alpha value is -0.960. The number of halogens is 1. The standard InChI is InChI=1S/C14H17BrN2O3S2/c1-4-20-12-6-5-11(15)7-14(12)22(18,19)16-8-13-9(2)17-10(3)21-13/h5-7,16H,4,8H2,1-3H3. The Morgan fingerprint density at radius 3 is 2.68 bits per heavy atom. The molecule has 22 heavy (non-hydrogen) atoms. The summed E-state index contributed by atoms with van der Waals surface area (Å²) in [5.74, 6) is 0.343. The van der Waals surface area contributed by atoms with Crippen LogP contribution in [0.25, 0.3) is 0 Å². The van der Waals surface area contributed by atoms with Gasteiger partial charge in [-0.25, -0.2) is 18.1 Å². The Morgan fingerprint density at radius 1 is 1.36 bits per heavy atom. The Labute approximate surface area is 142 Å². The first-order valence-electron chi connectivity index (χ1n) is 6.68. The molecule has 0 aliphatic rings. The molecule has 0 aliphatic heterocycles. The minimum absolute atomic E-state index is 0.127. The molecular formula is C14H17BrN2O3S2. The first-order valence-corrected chi connectivity index (χ1v) is 9.77. The largest absolute Gasteiger partial charge is 0.492 e. The number of aromatic nitrogens is 1. The summed E-state index contributed by atoms with van der Waals surface area (Å²) in [4.78, 5) is 5.34. The number of hydrogen-bond acceptors (Lipinski definition) is 5. The second-order valence-corrected chi connectivity index (χ2v) is 8.53. The Morgan fingerprint density at radius 2 is 2.09 bits per heavy atom. The minimum atomic E-state index is -3.67. The van der Waals surface area contributed by atoms with E-state index in [0.29, 0.717) is 16.8 Å². The molecule has 0 aliphatic carbocycles. The van der Waals surface area contributed by atoms with E-state index >= 15 is 0 Å². The summed E-state index contributed by atoms with van der Waals surface area (Å²) in [5.41, 5.74) is 0.851. The molecule has 1 aromatic heterocycles. The molecule has 5 nitrogen and oxygen atoms in total. The van der Waals surface area contributed by atoms with Gasteiger partial charge in [-0.15, -0.1) is 11.3 Å². The lowest BCUT2D eigenvalue weighted by atomic mass is 10.3. The highest BCUT2D eigenvalue weighted by Gasteiger charge is 2.20. The van der Waals surface area contributed by atoms with Crippen LogP contribution in [0.2, 0.25) is 0 Å². The quantitative estimate of drug-likeness (QED) is 0.800. The Balaban J connectivity index is 2.26. The molecule has 2 rings (SSSR count). The minimum Gasteiger partial charge on any atom is -0.492 e. The number of ether oxygens (including phenoxy) is 1. The average molecular weight is 405 g/mol. The van der Waals surface area contributed by atoms with Crippen LogP contribution in [0.4, 0.5) is 0 Å². The number of rotatable bonds is 6. The van der Waals surface area contributed by atoms with Crippen molar-refractivity contribution in [3.8, 4) is 5.75 Å². The van der Waals surface area contributed by atoms with Gasteiger partial charge in [-0.3, -0.25) is 0 Å². The number of sulfonamides is 1. The zero-order valence-corrected chi connectivity index (χ0v) is 15.7. The average Bonchev–Trinajstić information content (AvgIpc) is 2.77.